The fourth-order valence-corrected chi connectivity index (χ4v) is 3.35. The van der Waals surface area contributed by atoms with Gasteiger partial charge in [-0.3, -0.25) is 9.59 Å². The van der Waals surface area contributed by atoms with E-state index in [-0.39, 0.29) is 17.9 Å². The van der Waals surface area contributed by atoms with Crippen molar-refractivity contribution in [2.75, 3.05) is 32.1 Å². The minimum absolute atomic E-state index is 0.0912. The molecule has 1 saturated heterocycles. The largest absolute Gasteiger partial charge is 0.346 e. The number of nitrogens with zero attached hydrogens (tertiary/aromatic N) is 1. The Labute approximate surface area is 154 Å². The van der Waals surface area contributed by atoms with Crippen LogP contribution in [0, 0.1) is 0 Å². The number of quaternary nitrogens is 1. The number of likely N-dealkylation sites (N-methyl/N-ethyl adjacent to an activating group) is 1. The molecule has 2 aromatic carbocycles. The summed E-state index contributed by atoms with van der Waals surface area (Å²) in [5.74, 6) is 0.0633. The Balaban J connectivity index is 1.63. The molecule has 0 radical (unpaired) electrons. The Morgan fingerprint density at radius 2 is 1.81 bits per heavy atom. The Morgan fingerprint density at radius 3 is 2.38 bits per heavy atom. The van der Waals surface area contributed by atoms with Crippen molar-refractivity contribution in [1.82, 2.24) is 5.32 Å². The highest BCUT2D eigenvalue weighted by Crippen LogP contribution is 2.21. The van der Waals surface area contributed by atoms with Crippen molar-refractivity contribution < 1.29 is 14.5 Å². The Kier molecular flexibility index (Phi) is 5.68. The third kappa shape index (κ3) is 4.11. The second kappa shape index (κ2) is 8.15. The van der Waals surface area contributed by atoms with Crippen molar-refractivity contribution in [2.24, 2.45) is 0 Å². The summed E-state index contributed by atoms with van der Waals surface area (Å²) >= 11 is 0. The lowest BCUT2D eigenvalue weighted by atomic mass is 10.1. The molecule has 0 aromatic heterocycles. The summed E-state index contributed by atoms with van der Waals surface area (Å²) in [6.07, 6.45) is 1.50. The minimum atomic E-state index is -0.0912. The van der Waals surface area contributed by atoms with Crippen LogP contribution in [-0.4, -0.2) is 39.0 Å². The summed E-state index contributed by atoms with van der Waals surface area (Å²) in [6.45, 7) is 1.33. The molecule has 3 rings (SSSR count). The predicted octanol–water partition coefficient (Wildman–Crippen LogP) is 1.43. The van der Waals surface area contributed by atoms with Crippen molar-refractivity contribution in [3.05, 3.63) is 65.7 Å². The van der Waals surface area contributed by atoms with Crippen molar-refractivity contribution in [3.8, 4) is 0 Å². The van der Waals surface area contributed by atoms with Gasteiger partial charge in [-0.15, -0.1) is 0 Å². The fraction of sp³-hybridized carbons (Fsp3) is 0.333. The summed E-state index contributed by atoms with van der Waals surface area (Å²) in [4.78, 5) is 27.4. The number of anilines is 1. The molecule has 5 nitrogen and oxygen atoms in total. The Hall–Kier alpha value is -2.66. The highest BCUT2D eigenvalue weighted by molar-refractivity contribution is 5.97. The van der Waals surface area contributed by atoms with Crippen LogP contribution in [0.2, 0.25) is 0 Å². The molecule has 0 bridgehead atoms. The average Bonchev–Trinajstić information content (AvgIpc) is 3.08. The molecule has 2 aromatic rings. The summed E-state index contributed by atoms with van der Waals surface area (Å²) in [6, 6.07) is 17.7. The summed E-state index contributed by atoms with van der Waals surface area (Å²) in [5, 5.41) is 3.04. The average molecular weight is 352 g/mol. The minimum Gasteiger partial charge on any atom is -0.346 e. The van der Waals surface area contributed by atoms with E-state index in [1.54, 1.807) is 17.0 Å². The Morgan fingerprint density at radius 1 is 1.12 bits per heavy atom. The van der Waals surface area contributed by atoms with E-state index in [2.05, 4.69) is 31.5 Å². The van der Waals surface area contributed by atoms with Gasteiger partial charge in [0, 0.05) is 29.8 Å². The van der Waals surface area contributed by atoms with E-state index in [4.69, 9.17) is 0 Å². The molecule has 0 saturated carbocycles. The lowest BCUT2D eigenvalue weighted by molar-refractivity contribution is -0.890. The lowest BCUT2D eigenvalue weighted by Gasteiger charge is -2.22. The first kappa shape index (κ1) is 18.1. The van der Waals surface area contributed by atoms with Crippen LogP contribution in [0.3, 0.4) is 0 Å². The predicted molar refractivity (Wildman–Crippen MR) is 102 cm³/mol. The number of hydrogen-bond acceptors (Lipinski definition) is 2. The third-order valence-corrected chi connectivity index (χ3v) is 4.88. The number of rotatable bonds is 6. The third-order valence-electron chi connectivity index (χ3n) is 4.88. The van der Waals surface area contributed by atoms with Crippen LogP contribution in [0.25, 0.3) is 0 Å². The van der Waals surface area contributed by atoms with Crippen molar-refractivity contribution >= 4 is 17.5 Å². The van der Waals surface area contributed by atoms with Crippen LogP contribution in [0.4, 0.5) is 5.69 Å². The lowest BCUT2D eigenvalue weighted by Crippen LogP contribution is -3.07. The van der Waals surface area contributed by atoms with Gasteiger partial charge in [-0.1, -0.05) is 30.3 Å². The molecule has 2 N–H and O–H groups in total. The van der Waals surface area contributed by atoms with Gasteiger partial charge in [0.15, 0.2) is 0 Å². The monoisotopic (exact) mass is 352 g/mol. The van der Waals surface area contributed by atoms with E-state index in [9.17, 15) is 9.59 Å². The molecule has 1 aliphatic rings. The first-order chi connectivity index (χ1) is 12.6. The summed E-state index contributed by atoms with van der Waals surface area (Å²) < 4.78 is 0. The molecule has 0 spiro atoms. The normalized spacial score (nSPS) is 15.3. The van der Waals surface area contributed by atoms with Gasteiger partial charge in [0.05, 0.1) is 20.6 Å². The number of amides is 2. The van der Waals surface area contributed by atoms with Crippen molar-refractivity contribution in [2.45, 2.75) is 18.9 Å². The van der Waals surface area contributed by atoms with Gasteiger partial charge in [-0.05, 0) is 30.7 Å². The van der Waals surface area contributed by atoms with E-state index in [0.717, 1.165) is 18.7 Å². The first-order valence-electron chi connectivity index (χ1n) is 9.10. The smallest absolute Gasteiger partial charge is 0.251 e. The summed E-state index contributed by atoms with van der Waals surface area (Å²) in [7, 11) is 4.18. The van der Waals surface area contributed by atoms with Gasteiger partial charge in [0.1, 0.15) is 6.04 Å². The molecule has 1 heterocycles. The molecule has 136 valence electrons. The van der Waals surface area contributed by atoms with Gasteiger partial charge in [0.25, 0.3) is 5.91 Å². The van der Waals surface area contributed by atoms with E-state index >= 15 is 0 Å². The molecular formula is C21H26N3O2+. The molecule has 1 aliphatic heterocycles. The number of carbonyl (C=O) groups excluding carboxylic acids is 2. The standard InChI is InChI=1S/C21H25N3O2/c1-23(2)19(16-7-4-3-5-8-16)15-22-21(26)17-10-12-18(13-11-17)24-14-6-9-20(24)25/h3-5,7-8,10-13,19H,6,9,14-15H2,1-2H3,(H,22,26)/p+1/t19-/m0/s1. The molecule has 2 amide bonds. The molecule has 0 aliphatic carbocycles. The zero-order valence-electron chi connectivity index (χ0n) is 15.4. The van der Waals surface area contributed by atoms with Crippen LogP contribution in [0.1, 0.15) is 34.8 Å². The number of nitrogens with one attached hydrogen (secondary N) is 2. The maximum absolute atomic E-state index is 12.5. The zero-order valence-corrected chi connectivity index (χ0v) is 15.4. The molecule has 26 heavy (non-hydrogen) atoms. The SMILES string of the molecule is C[NH+](C)[C@@H](CNC(=O)c1ccc(N2CCCC2=O)cc1)c1ccccc1. The zero-order chi connectivity index (χ0) is 18.5. The molecule has 1 atom stereocenters. The maximum Gasteiger partial charge on any atom is 0.251 e. The van der Waals surface area contributed by atoms with Gasteiger partial charge in [-0.2, -0.15) is 0 Å². The molecule has 0 unspecified atom stereocenters. The van der Waals surface area contributed by atoms with Gasteiger partial charge >= 0.3 is 0 Å². The molecular weight excluding hydrogens is 326 g/mol. The highest BCUT2D eigenvalue weighted by atomic mass is 16.2. The molecule has 5 heteroatoms. The second-order valence-electron chi connectivity index (χ2n) is 6.95. The van der Waals surface area contributed by atoms with Crippen molar-refractivity contribution in [3.63, 3.8) is 0 Å². The van der Waals surface area contributed by atoms with Crippen LogP contribution in [0.5, 0.6) is 0 Å². The Bertz CT molecular complexity index is 757. The van der Waals surface area contributed by atoms with Gasteiger partial charge in [0.2, 0.25) is 5.91 Å². The van der Waals surface area contributed by atoms with E-state index < -0.39 is 0 Å². The van der Waals surface area contributed by atoms with E-state index in [0.29, 0.717) is 18.5 Å². The number of carbonyl (C=O) groups is 2. The van der Waals surface area contributed by atoms with Crippen LogP contribution in [-0.2, 0) is 4.79 Å². The first-order valence-corrected chi connectivity index (χ1v) is 9.10. The topological polar surface area (TPSA) is 53.9 Å². The number of benzene rings is 2. The van der Waals surface area contributed by atoms with Crippen LogP contribution < -0.4 is 15.1 Å². The van der Waals surface area contributed by atoms with Gasteiger partial charge in [-0.25, -0.2) is 0 Å². The maximum atomic E-state index is 12.5. The van der Waals surface area contributed by atoms with Gasteiger partial charge < -0.3 is 15.1 Å². The second-order valence-corrected chi connectivity index (χ2v) is 6.95. The molecule has 1 fully saturated rings. The van der Waals surface area contributed by atoms with Crippen molar-refractivity contribution in [1.29, 1.82) is 0 Å². The fourth-order valence-electron chi connectivity index (χ4n) is 3.35. The van der Waals surface area contributed by atoms with Crippen LogP contribution >= 0.6 is 0 Å². The van der Waals surface area contributed by atoms with E-state index in [1.807, 2.05) is 30.3 Å². The van der Waals surface area contributed by atoms with E-state index in [1.165, 1.54) is 10.5 Å². The van der Waals surface area contributed by atoms with Crippen LogP contribution in [0.15, 0.2) is 54.6 Å². The quantitative estimate of drug-likeness (QED) is 0.826. The number of hydrogen-bond donors (Lipinski definition) is 2. The highest BCUT2D eigenvalue weighted by Gasteiger charge is 2.22. The summed E-state index contributed by atoms with van der Waals surface area (Å²) in [5.41, 5.74) is 2.68.